The van der Waals surface area contributed by atoms with Crippen LogP contribution in [-0.2, 0) is 6.18 Å². The monoisotopic (exact) mass is 306 g/mol. The van der Waals surface area contributed by atoms with Gasteiger partial charge in [-0.15, -0.1) is 0 Å². The van der Waals surface area contributed by atoms with Crippen molar-refractivity contribution in [1.29, 1.82) is 0 Å². The Labute approximate surface area is 125 Å². The maximum absolute atomic E-state index is 12.7. The van der Waals surface area contributed by atoms with Crippen molar-refractivity contribution >= 4 is 11.6 Å². The van der Waals surface area contributed by atoms with Crippen molar-refractivity contribution in [3.8, 4) is 0 Å². The molecule has 0 amide bonds. The van der Waals surface area contributed by atoms with Crippen LogP contribution in [0.15, 0.2) is 54.6 Å². The molecule has 0 aromatic heterocycles. The zero-order valence-corrected chi connectivity index (χ0v) is 11.7. The third-order valence-corrected chi connectivity index (χ3v) is 3.32. The zero-order chi connectivity index (χ0) is 16.3. The summed E-state index contributed by atoms with van der Waals surface area (Å²) in [7, 11) is 0. The fraction of sp³-hybridized carbons (Fsp3) is 0.176. The first kappa shape index (κ1) is 15.9. The van der Waals surface area contributed by atoms with E-state index in [2.05, 4.69) is 0 Å². The van der Waals surface area contributed by atoms with Gasteiger partial charge >= 0.3 is 6.18 Å². The predicted octanol–water partition coefficient (Wildman–Crippen LogP) is 4.41. The highest BCUT2D eigenvalue weighted by Gasteiger charge is 2.32. The average Bonchev–Trinajstić information content (AvgIpc) is 2.53. The maximum atomic E-state index is 12.7. The summed E-state index contributed by atoms with van der Waals surface area (Å²) < 4.78 is 38.0. The summed E-state index contributed by atoms with van der Waals surface area (Å²) in [5, 5.41) is 0. The predicted molar refractivity (Wildman–Crippen MR) is 75.7 cm³/mol. The summed E-state index contributed by atoms with van der Waals surface area (Å²) >= 11 is 0. The summed E-state index contributed by atoms with van der Waals surface area (Å²) in [5.74, 6) is -2.08. The van der Waals surface area contributed by atoms with Gasteiger partial charge in [-0.05, 0) is 19.1 Å². The minimum atomic E-state index is -4.52. The molecule has 0 fully saturated rings. The van der Waals surface area contributed by atoms with Gasteiger partial charge in [-0.25, -0.2) is 0 Å². The number of carbonyl (C=O) groups is 2. The summed E-state index contributed by atoms with van der Waals surface area (Å²) in [5.41, 5.74) is -0.667. The molecule has 2 aromatic rings. The highest BCUT2D eigenvalue weighted by Crippen LogP contribution is 2.30. The van der Waals surface area contributed by atoms with E-state index < -0.39 is 29.2 Å². The molecule has 22 heavy (non-hydrogen) atoms. The van der Waals surface area contributed by atoms with Crippen LogP contribution < -0.4 is 0 Å². The van der Waals surface area contributed by atoms with Gasteiger partial charge in [0, 0.05) is 11.1 Å². The van der Waals surface area contributed by atoms with Crippen molar-refractivity contribution in [1.82, 2.24) is 0 Å². The first-order valence-electron chi connectivity index (χ1n) is 6.61. The van der Waals surface area contributed by atoms with Crippen molar-refractivity contribution in [2.45, 2.75) is 13.1 Å². The second-order valence-electron chi connectivity index (χ2n) is 4.89. The van der Waals surface area contributed by atoms with Crippen LogP contribution >= 0.6 is 0 Å². The second kappa shape index (κ2) is 6.13. The highest BCUT2D eigenvalue weighted by atomic mass is 19.4. The Morgan fingerprint density at radius 2 is 1.41 bits per heavy atom. The van der Waals surface area contributed by atoms with Crippen LogP contribution in [0.4, 0.5) is 13.2 Å². The topological polar surface area (TPSA) is 34.1 Å². The summed E-state index contributed by atoms with van der Waals surface area (Å²) in [4.78, 5) is 24.4. The van der Waals surface area contributed by atoms with Crippen molar-refractivity contribution in [3.63, 3.8) is 0 Å². The number of rotatable bonds is 4. The van der Waals surface area contributed by atoms with Crippen molar-refractivity contribution in [2.75, 3.05) is 0 Å². The fourth-order valence-corrected chi connectivity index (χ4v) is 2.07. The zero-order valence-electron chi connectivity index (χ0n) is 11.7. The molecule has 0 heterocycles. The first-order chi connectivity index (χ1) is 10.3. The lowest BCUT2D eigenvalue weighted by atomic mass is 9.91. The van der Waals surface area contributed by atoms with Gasteiger partial charge in [-0.2, -0.15) is 13.2 Å². The maximum Gasteiger partial charge on any atom is 0.416 e. The van der Waals surface area contributed by atoms with E-state index >= 15 is 0 Å². The van der Waals surface area contributed by atoms with Crippen LogP contribution in [0.25, 0.3) is 0 Å². The largest absolute Gasteiger partial charge is 0.416 e. The van der Waals surface area contributed by atoms with E-state index in [0.29, 0.717) is 5.56 Å². The third-order valence-electron chi connectivity index (χ3n) is 3.32. The third kappa shape index (κ3) is 3.42. The molecule has 1 atom stereocenters. The van der Waals surface area contributed by atoms with E-state index in [9.17, 15) is 22.8 Å². The molecule has 5 heteroatoms. The smallest absolute Gasteiger partial charge is 0.293 e. The van der Waals surface area contributed by atoms with Gasteiger partial charge in [-0.1, -0.05) is 42.5 Å². The lowest BCUT2D eigenvalue weighted by Crippen LogP contribution is -2.22. The molecular weight excluding hydrogens is 293 g/mol. The molecule has 0 aliphatic rings. The molecule has 114 valence electrons. The second-order valence-corrected chi connectivity index (χ2v) is 4.89. The minimum absolute atomic E-state index is 0.119. The molecule has 0 N–H and O–H groups in total. The van der Waals surface area contributed by atoms with Gasteiger partial charge in [-0.3, -0.25) is 9.59 Å². The van der Waals surface area contributed by atoms with Gasteiger partial charge < -0.3 is 0 Å². The van der Waals surface area contributed by atoms with Gasteiger partial charge in [0.25, 0.3) is 0 Å². The lowest BCUT2D eigenvalue weighted by molar-refractivity contribution is -0.137. The van der Waals surface area contributed by atoms with Gasteiger partial charge in [0.15, 0.2) is 11.6 Å². The van der Waals surface area contributed by atoms with Gasteiger partial charge in [0.2, 0.25) is 0 Å². The minimum Gasteiger partial charge on any atom is -0.293 e. The van der Waals surface area contributed by atoms with Crippen LogP contribution in [0, 0.1) is 5.92 Å². The van der Waals surface area contributed by atoms with Crippen molar-refractivity contribution in [2.24, 2.45) is 5.92 Å². The number of hydrogen-bond donors (Lipinski definition) is 0. The summed E-state index contributed by atoms with van der Waals surface area (Å²) in [6.07, 6.45) is -4.52. The molecular formula is C17H13F3O2. The molecule has 0 bridgehead atoms. The van der Waals surface area contributed by atoms with Crippen LogP contribution in [0.2, 0.25) is 0 Å². The highest BCUT2D eigenvalue weighted by molar-refractivity contribution is 6.15. The molecule has 0 radical (unpaired) electrons. The molecule has 1 unspecified atom stereocenters. The molecule has 0 aliphatic heterocycles. The van der Waals surface area contributed by atoms with Crippen LogP contribution in [0.1, 0.15) is 33.2 Å². The van der Waals surface area contributed by atoms with E-state index in [0.717, 1.165) is 18.2 Å². The molecule has 0 saturated heterocycles. The van der Waals surface area contributed by atoms with E-state index in [-0.39, 0.29) is 5.56 Å². The number of carbonyl (C=O) groups excluding carboxylic acids is 2. The standard InChI is InChI=1S/C17H13F3O2/c1-11(15(21)12-6-3-2-4-7-12)16(22)13-8-5-9-14(10-13)17(18,19)20/h2-11H,1H3. The molecule has 2 rings (SSSR count). The van der Waals surface area contributed by atoms with Gasteiger partial charge in [0.1, 0.15) is 0 Å². The number of hydrogen-bond acceptors (Lipinski definition) is 2. The van der Waals surface area contributed by atoms with Crippen molar-refractivity contribution in [3.05, 3.63) is 71.3 Å². The van der Waals surface area contributed by atoms with E-state index in [1.54, 1.807) is 30.3 Å². The first-order valence-corrected chi connectivity index (χ1v) is 6.61. The normalized spacial score (nSPS) is 12.7. The average molecular weight is 306 g/mol. The Balaban J connectivity index is 2.26. The quantitative estimate of drug-likeness (QED) is 0.619. The fourth-order valence-electron chi connectivity index (χ4n) is 2.07. The van der Waals surface area contributed by atoms with E-state index in [1.807, 2.05) is 0 Å². The van der Waals surface area contributed by atoms with Crippen LogP contribution in [0.5, 0.6) is 0 Å². The van der Waals surface area contributed by atoms with E-state index in [1.165, 1.54) is 13.0 Å². The lowest BCUT2D eigenvalue weighted by Gasteiger charge is -2.12. The Hall–Kier alpha value is -2.43. The molecule has 0 aliphatic carbocycles. The van der Waals surface area contributed by atoms with Crippen LogP contribution in [0.3, 0.4) is 0 Å². The van der Waals surface area contributed by atoms with Gasteiger partial charge in [0.05, 0.1) is 11.5 Å². The number of alkyl halides is 3. The number of benzene rings is 2. The SMILES string of the molecule is CC(C(=O)c1ccccc1)C(=O)c1cccc(C(F)(F)F)c1. The Kier molecular flexibility index (Phi) is 4.45. The molecule has 2 nitrogen and oxygen atoms in total. The Bertz CT molecular complexity index is 691. The van der Waals surface area contributed by atoms with Crippen LogP contribution in [-0.4, -0.2) is 11.6 Å². The summed E-state index contributed by atoms with van der Waals surface area (Å²) in [6.45, 7) is 1.40. The number of ketones is 2. The van der Waals surface area contributed by atoms with E-state index in [4.69, 9.17) is 0 Å². The van der Waals surface area contributed by atoms with Crippen molar-refractivity contribution < 1.29 is 22.8 Å². The number of Topliss-reactive ketones (excluding diaryl/α,β-unsaturated/α-hetero) is 2. The summed E-state index contributed by atoms with van der Waals surface area (Å²) in [6, 6.07) is 12.3. The molecule has 0 spiro atoms. The molecule has 2 aromatic carbocycles. The Morgan fingerprint density at radius 3 is 2.00 bits per heavy atom. The number of halogens is 3. The molecule has 0 saturated carbocycles. The Morgan fingerprint density at radius 1 is 0.864 bits per heavy atom.